The molecule has 1 unspecified atom stereocenters. The lowest BCUT2D eigenvalue weighted by Gasteiger charge is -2.13. The van der Waals surface area contributed by atoms with Crippen molar-refractivity contribution in [3.63, 3.8) is 0 Å². The summed E-state index contributed by atoms with van der Waals surface area (Å²) in [5, 5.41) is 0. The minimum Gasteiger partial charge on any atom is -0.306 e. The molecule has 0 radical (unpaired) electrons. The summed E-state index contributed by atoms with van der Waals surface area (Å²) in [6.07, 6.45) is 2.58. The van der Waals surface area contributed by atoms with E-state index in [9.17, 15) is 4.79 Å². The van der Waals surface area contributed by atoms with Gasteiger partial charge in [-0.15, -0.1) is 0 Å². The Morgan fingerprint density at radius 2 is 2.00 bits per heavy atom. The van der Waals surface area contributed by atoms with Gasteiger partial charge in [0.25, 0.3) is 0 Å². The van der Waals surface area contributed by atoms with Crippen molar-refractivity contribution in [3.05, 3.63) is 0 Å². The normalized spacial score (nSPS) is 13.3. The summed E-state index contributed by atoms with van der Waals surface area (Å²) >= 11 is 0. The van der Waals surface area contributed by atoms with Crippen LogP contribution >= 0.6 is 0 Å². The Bertz CT molecular complexity index is 145. The van der Waals surface area contributed by atoms with Crippen LogP contribution in [0.1, 0.15) is 40.0 Å². The number of Topliss-reactive ketones (excluding diaryl/α,β-unsaturated/α-hetero) is 1. The van der Waals surface area contributed by atoms with Crippen LogP contribution in [0.2, 0.25) is 0 Å². The van der Waals surface area contributed by atoms with Gasteiger partial charge in [0.1, 0.15) is 5.78 Å². The number of hydrogen-bond acceptors (Lipinski definition) is 2. The number of ketones is 1. The van der Waals surface area contributed by atoms with E-state index in [4.69, 9.17) is 0 Å². The first kappa shape index (κ1) is 12.6. The molecule has 0 spiro atoms. The highest BCUT2D eigenvalue weighted by molar-refractivity contribution is 5.78. The third-order valence-corrected chi connectivity index (χ3v) is 2.59. The summed E-state index contributed by atoms with van der Waals surface area (Å²) < 4.78 is 0. The number of hydrogen-bond donors (Lipinski definition) is 0. The molecule has 0 heterocycles. The van der Waals surface area contributed by atoms with Gasteiger partial charge < -0.3 is 4.90 Å². The first-order valence-electron chi connectivity index (χ1n) is 5.30. The average molecular weight is 185 g/mol. The van der Waals surface area contributed by atoms with Gasteiger partial charge in [0.15, 0.2) is 0 Å². The van der Waals surface area contributed by atoms with E-state index < -0.39 is 0 Å². The molecule has 0 bridgehead atoms. The van der Waals surface area contributed by atoms with Crippen LogP contribution in [0.3, 0.4) is 0 Å². The molecule has 0 fully saturated rings. The summed E-state index contributed by atoms with van der Waals surface area (Å²) in [6, 6.07) is 0. The Labute approximate surface area is 82.3 Å². The van der Waals surface area contributed by atoms with Gasteiger partial charge in [-0.05, 0) is 19.5 Å². The first-order valence-corrected chi connectivity index (χ1v) is 5.30. The molecule has 2 nitrogen and oxygen atoms in total. The lowest BCUT2D eigenvalue weighted by molar-refractivity contribution is -0.120. The zero-order valence-electron chi connectivity index (χ0n) is 9.47. The predicted octanol–water partition coefficient (Wildman–Crippen LogP) is 2.33. The molecule has 0 rings (SSSR count). The van der Waals surface area contributed by atoms with E-state index in [1.807, 2.05) is 0 Å². The van der Waals surface area contributed by atoms with Crippen molar-refractivity contribution >= 4 is 5.78 Å². The number of carbonyl (C=O) groups is 1. The van der Waals surface area contributed by atoms with Crippen LogP contribution in [-0.2, 0) is 4.79 Å². The molecule has 0 amide bonds. The average Bonchev–Trinajstić information content (AvgIpc) is 2.13. The zero-order valence-corrected chi connectivity index (χ0v) is 9.47. The Balaban J connectivity index is 3.51. The predicted molar refractivity (Wildman–Crippen MR) is 56.9 cm³/mol. The van der Waals surface area contributed by atoms with Crippen LogP contribution in [0.15, 0.2) is 0 Å². The second-order valence-electron chi connectivity index (χ2n) is 3.90. The van der Waals surface area contributed by atoms with E-state index in [-0.39, 0.29) is 0 Å². The van der Waals surface area contributed by atoms with Gasteiger partial charge in [-0.25, -0.2) is 0 Å². The standard InChI is InChI=1S/C11H23NO/c1-5-10(3)9-11(13)7-8-12(4)6-2/h10H,5-9H2,1-4H3. The second-order valence-corrected chi connectivity index (χ2v) is 3.90. The van der Waals surface area contributed by atoms with Crippen molar-refractivity contribution in [2.45, 2.75) is 40.0 Å². The van der Waals surface area contributed by atoms with Crippen LogP contribution < -0.4 is 0 Å². The molecule has 0 aliphatic carbocycles. The molecule has 0 aromatic carbocycles. The highest BCUT2D eigenvalue weighted by Crippen LogP contribution is 2.08. The molecule has 0 aromatic rings. The Morgan fingerprint density at radius 3 is 2.46 bits per heavy atom. The van der Waals surface area contributed by atoms with Crippen LogP contribution in [-0.4, -0.2) is 30.8 Å². The van der Waals surface area contributed by atoms with Crippen LogP contribution in [0.4, 0.5) is 0 Å². The maximum atomic E-state index is 11.4. The van der Waals surface area contributed by atoms with Gasteiger partial charge in [0.2, 0.25) is 0 Å². The Kier molecular flexibility index (Phi) is 6.87. The van der Waals surface area contributed by atoms with Crippen molar-refractivity contribution in [2.24, 2.45) is 5.92 Å². The van der Waals surface area contributed by atoms with Crippen molar-refractivity contribution in [1.29, 1.82) is 0 Å². The smallest absolute Gasteiger partial charge is 0.134 e. The van der Waals surface area contributed by atoms with Crippen molar-refractivity contribution in [2.75, 3.05) is 20.1 Å². The maximum absolute atomic E-state index is 11.4. The van der Waals surface area contributed by atoms with Gasteiger partial charge in [-0.1, -0.05) is 27.2 Å². The molecule has 13 heavy (non-hydrogen) atoms. The fraction of sp³-hybridized carbons (Fsp3) is 0.909. The minimum absolute atomic E-state index is 0.412. The fourth-order valence-electron chi connectivity index (χ4n) is 1.11. The van der Waals surface area contributed by atoms with E-state index in [1.54, 1.807) is 0 Å². The highest BCUT2D eigenvalue weighted by atomic mass is 16.1. The molecule has 1 atom stereocenters. The van der Waals surface area contributed by atoms with Gasteiger partial charge in [-0.3, -0.25) is 4.79 Å². The molecule has 2 heteroatoms. The van der Waals surface area contributed by atoms with Gasteiger partial charge >= 0.3 is 0 Å². The lowest BCUT2D eigenvalue weighted by Crippen LogP contribution is -2.21. The van der Waals surface area contributed by atoms with E-state index in [0.29, 0.717) is 18.1 Å². The number of carbonyl (C=O) groups excluding carboxylic acids is 1. The van der Waals surface area contributed by atoms with E-state index in [1.165, 1.54) is 0 Å². The topological polar surface area (TPSA) is 20.3 Å². The van der Waals surface area contributed by atoms with Gasteiger partial charge in [0.05, 0.1) is 0 Å². The quantitative estimate of drug-likeness (QED) is 0.606. The van der Waals surface area contributed by atoms with Gasteiger partial charge in [0, 0.05) is 19.4 Å². The van der Waals surface area contributed by atoms with Crippen molar-refractivity contribution in [3.8, 4) is 0 Å². The van der Waals surface area contributed by atoms with E-state index >= 15 is 0 Å². The SMILES string of the molecule is CCC(C)CC(=O)CCN(C)CC. The third kappa shape index (κ3) is 6.76. The van der Waals surface area contributed by atoms with Crippen molar-refractivity contribution < 1.29 is 4.79 Å². The van der Waals surface area contributed by atoms with E-state index in [2.05, 4.69) is 32.7 Å². The third-order valence-electron chi connectivity index (χ3n) is 2.59. The maximum Gasteiger partial charge on any atom is 0.134 e. The molecule has 0 N–H and O–H groups in total. The highest BCUT2D eigenvalue weighted by Gasteiger charge is 2.07. The molecule has 78 valence electrons. The van der Waals surface area contributed by atoms with Crippen LogP contribution in [0.5, 0.6) is 0 Å². The molecule has 0 saturated heterocycles. The largest absolute Gasteiger partial charge is 0.306 e. The molecule has 0 aromatic heterocycles. The zero-order chi connectivity index (χ0) is 10.3. The van der Waals surface area contributed by atoms with Crippen molar-refractivity contribution in [1.82, 2.24) is 4.90 Å². The first-order chi connectivity index (χ1) is 6.10. The van der Waals surface area contributed by atoms with E-state index in [0.717, 1.165) is 25.9 Å². The molecule has 0 saturated carbocycles. The fourth-order valence-corrected chi connectivity index (χ4v) is 1.11. The summed E-state index contributed by atoms with van der Waals surface area (Å²) in [4.78, 5) is 13.6. The molecule has 0 aliphatic rings. The number of rotatable bonds is 7. The molecular weight excluding hydrogens is 162 g/mol. The van der Waals surface area contributed by atoms with Crippen LogP contribution in [0.25, 0.3) is 0 Å². The second kappa shape index (κ2) is 7.07. The number of nitrogens with zero attached hydrogens (tertiary/aromatic N) is 1. The summed E-state index contributed by atoms with van der Waals surface area (Å²) in [7, 11) is 2.05. The summed E-state index contributed by atoms with van der Waals surface area (Å²) in [5.74, 6) is 0.967. The monoisotopic (exact) mass is 185 g/mol. The molecular formula is C11H23NO. The minimum atomic E-state index is 0.412. The van der Waals surface area contributed by atoms with Crippen LogP contribution in [0, 0.1) is 5.92 Å². The Hall–Kier alpha value is -0.370. The summed E-state index contributed by atoms with van der Waals surface area (Å²) in [6.45, 7) is 8.32. The molecule has 0 aliphatic heterocycles. The lowest BCUT2D eigenvalue weighted by atomic mass is 10.0. The Morgan fingerprint density at radius 1 is 1.38 bits per heavy atom. The summed E-state index contributed by atoms with van der Waals surface area (Å²) in [5.41, 5.74) is 0. The van der Waals surface area contributed by atoms with Gasteiger partial charge in [-0.2, -0.15) is 0 Å².